The van der Waals surface area contributed by atoms with Crippen LogP contribution in [0.1, 0.15) is 41.3 Å². The zero-order chi connectivity index (χ0) is 15.4. The zero-order valence-electron chi connectivity index (χ0n) is 12.1. The van der Waals surface area contributed by atoms with Crippen molar-refractivity contribution in [2.45, 2.75) is 26.4 Å². The van der Waals surface area contributed by atoms with Crippen LogP contribution in [0.4, 0.5) is 5.69 Å². The summed E-state index contributed by atoms with van der Waals surface area (Å²) in [5.41, 5.74) is 8.92. The number of halogens is 1. The quantitative estimate of drug-likeness (QED) is 0.653. The van der Waals surface area contributed by atoms with E-state index in [4.69, 9.17) is 10.5 Å². The van der Waals surface area contributed by atoms with Crippen LogP contribution in [0.25, 0.3) is 0 Å². The van der Waals surface area contributed by atoms with E-state index in [9.17, 15) is 4.79 Å². The van der Waals surface area contributed by atoms with Crippen LogP contribution in [0.15, 0.2) is 46.9 Å². The molecule has 0 unspecified atom stereocenters. The maximum atomic E-state index is 12.0. The smallest absolute Gasteiger partial charge is 0.338 e. The lowest BCUT2D eigenvalue weighted by atomic mass is 10.0. The number of anilines is 1. The van der Waals surface area contributed by atoms with Crippen LogP contribution in [-0.2, 0) is 11.3 Å². The molecule has 0 heterocycles. The summed E-state index contributed by atoms with van der Waals surface area (Å²) in [6.07, 6.45) is 0. The number of carbonyl (C=O) groups excluding carboxylic acids is 1. The van der Waals surface area contributed by atoms with Gasteiger partial charge in [0.2, 0.25) is 0 Å². The van der Waals surface area contributed by atoms with Crippen molar-refractivity contribution in [3.05, 3.63) is 63.6 Å². The van der Waals surface area contributed by atoms with E-state index in [1.54, 1.807) is 18.2 Å². The molecule has 110 valence electrons. The van der Waals surface area contributed by atoms with Crippen LogP contribution in [0.2, 0.25) is 0 Å². The molecule has 0 fully saturated rings. The van der Waals surface area contributed by atoms with E-state index in [2.05, 4.69) is 41.9 Å². The average molecular weight is 348 g/mol. The summed E-state index contributed by atoms with van der Waals surface area (Å²) in [6.45, 7) is 4.54. The van der Waals surface area contributed by atoms with Crippen molar-refractivity contribution in [3.8, 4) is 0 Å². The van der Waals surface area contributed by atoms with Gasteiger partial charge in [-0.15, -0.1) is 0 Å². The number of nitrogen functional groups attached to an aromatic ring is 1. The topological polar surface area (TPSA) is 52.3 Å². The number of esters is 1. The van der Waals surface area contributed by atoms with Gasteiger partial charge in [0, 0.05) is 10.2 Å². The lowest BCUT2D eigenvalue weighted by Crippen LogP contribution is -2.06. The molecule has 2 N–H and O–H groups in total. The number of benzene rings is 2. The first-order valence-corrected chi connectivity index (χ1v) is 7.57. The first kappa shape index (κ1) is 15.6. The van der Waals surface area contributed by atoms with E-state index in [0.29, 0.717) is 17.2 Å². The summed E-state index contributed by atoms with van der Waals surface area (Å²) >= 11 is 3.31. The Morgan fingerprint density at radius 3 is 2.43 bits per heavy atom. The maximum absolute atomic E-state index is 12.0. The average Bonchev–Trinajstić information content (AvgIpc) is 2.44. The Kier molecular flexibility index (Phi) is 5.02. The van der Waals surface area contributed by atoms with Crippen molar-refractivity contribution in [2.75, 3.05) is 5.73 Å². The lowest BCUT2D eigenvalue weighted by molar-refractivity contribution is 0.0472. The molecule has 0 radical (unpaired) electrons. The van der Waals surface area contributed by atoms with Crippen molar-refractivity contribution < 1.29 is 9.53 Å². The monoisotopic (exact) mass is 347 g/mol. The minimum absolute atomic E-state index is 0.254. The predicted molar refractivity (Wildman–Crippen MR) is 88.2 cm³/mol. The second-order valence-corrected chi connectivity index (χ2v) is 6.16. The van der Waals surface area contributed by atoms with Crippen LogP contribution >= 0.6 is 15.9 Å². The molecule has 0 atom stereocenters. The molecule has 0 bridgehead atoms. The second-order valence-electron chi connectivity index (χ2n) is 5.25. The highest BCUT2D eigenvalue weighted by molar-refractivity contribution is 9.10. The van der Waals surface area contributed by atoms with Gasteiger partial charge >= 0.3 is 5.97 Å². The number of carbonyl (C=O) groups is 1. The molecule has 0 saturated carbocycles. The van der Waals surface area contributed by atoms with E-state index in [1.807, 2.05) is 12.1 Å². The number of rotatable bonds is 4. The summed E-state index contributed by atoms with van der Waals surface area (Å²) in [7, 11) is 0. The summed E-state index contributed by atoms with van der Waals surface area (Å²) in [5.74, 6) is 0.113. The first-order valence-electron chi connectivity index (χ1n) is 6.77. The molecule has 0 aliphatic carbocycles. The van der Waals surface area contributed by atoms with Gasteiger partial charge in [-0.2, -0.15) is 0 Å². The molecule has 0 aliphatic rings. The van der Waals surface area contributed by atoms with Gasteiger partial charge in [0.1, 0.15) is 6.61 Å². The standard InChI is InChI=1S/C17H18BrNO2/c1-11(2)13-5-3-12(4-6-13)10-21-17(20)14-7-15(18)9-16(19)8-14/h3-9,11H,10,19H2,1-2H3. The Labute approximate surface area is 133 Å². The molecule has 2 aromatic rings. The van der Waals surface area contributed by atoms with Crippen molar-refractivity contribution in [1.82, 2.24) is 0 Å². The van der Waals surface area contributed by atoms with E-state index >= 15 is 0 Å². The van der Waals surface area contributed by atoms with Crippen molar-refractivity contribution in [2.24, 2.45) is 0 Å². The van der Waals surface area contributed by atoms with Gasteiger partial charge in [0.05, 0.1) is 5.56 Å². The third kappa shape index (κ3) is 4.33. The largest absolute Gasteiger partial charge is 0.457 e. The molecule has 0 aliphatic heterocycles. The fourth-order valence-corrected chi connectivity index (χ4v) is 2.47. The Bertz CT molecular complexity index is 615. The van der Waals surface area contributed by atoms with Crippen LogP contribution < -0.4 is 5.73 Å². The Hall–Kier alpha value is -1.81. The molecular formula is C17H18BrNO2. The highest BCUT2D eigenvalue weighted by Crippen LogP contribution is 2.19. The summed E-state index contributed by atoms with van der Waals surface area (Å²) < 4.78 is 6.07. The first-order chi connectivity index (χ1) is 9.95. The van der Waals surface area contributed by atoms with Gasteiger partial charge in [-0.1, -0.05) is 54.0 Å². The number of hydrogen-bond donors (Lipinski definition) is 1. The molecule has 3 nitrogen and oxygen atoms in total. The van der Waals surface area contributed by atoms with Crippen LogP contribution in [0.5, 0.6) is 0 Å². The molecule has 2 rings (SSSR count). The number of nitrogens with two attached hydrogens (primary N) is 1. The normalized spacial score (nSPS) is 10.7. The van der Waals surface area contributed by atoms with Crippen molar-refractivity contribution in [1.29, 1.82) is 0 Å². The van der Waals surface area contributed by atoms with Gasteiger partial charge < -0.3 is 10.5 Å². The van der Waals surface area contributed by atoms with Crippen LogP contribution in [0, 0.1) is 0 Å². The third-order valence-electron chi connectivity index (χ3n) is 3.17. The molecule has 4 heteroatoms. The third-order valence-corrected chi connectivity index (χ3v) is 3.63. The SMILES string of the molecule is CC(C)c1ccc(COC(=O)c2cc(N)cc(Br)c2)cc1. The second kappa shape index (κ2) is 6.76. The molecule has 0 aromatic heterocycles. The fraction of sp³-hybridized carbons (Fsp3) is 0.235. The highest BCUT2D eigenvalue weighted by Gasteiger charge is 2.09. The molecule has 0 saturated heterocycles. The zero-order valence-corrected chi connectivity index (χ0v) is 13.7. The molecule has 2 aromatic carbocycles. The van der Waals surface area contributed by atoms with Crippen molar-refractivity contribution >= 4 is 27.6 Å². The van der Waals surface area contributed by atoms with Crippen LogP contribution in [-0.4, -0.2) is 5.97 Å². The fourth-order valence-electron chi connectivity index (χ4n) is 1.96. The van der Waals surface area contributed by atoms with E-state index in [-0.39, 0.29) is 12.6 Å². The number of ether oxygens (including phenoxy) is 1. The van der Waals surface area contributed by atoms with Gasteiger partial charge in [0.15, 0.2) is 0 Å². The summed E-state index contributed by atoms with van der Waals surface area (Å²) in [5, 5.41) is 0. The van der Waals surface area contributed by atoms with E-state index in [0.717, 1.165) is 10.0 Å². The summed E-state index contributed by atoms with van der Waals surface area (Å²) in [6, 6.07) is 13.1. The minimum atomic E-state index is -0.379. The van der Waals surface area contributed by atoms with Gasteiger partial charge in [-0.05, 0) is 35.2 Å². The van der Waals surface area contributed by atoms with E-state index < -0.39 is 0 Å². The lowest BCUT2D eigenvalue weighted by Gasteiger charge is -2.08. The summed E-state index contributed by atoms with van der Waals surface area (Å²) in [4.78, 5) is 12.0. The Balaban J connectivity index is 2.00. The van der Waals surface area contributed by atoms with Gasteiger partial charge in [-0.25, -0.2) is 4.79 Å². The Morgan fingerprint density at radius 1 is 1.19 bits per heavy atom. The van der Waals surface area contributed by atoms with Crippen molar-refractivity contribution in [3.63, 3.8) is 0 Å². The minimum Gasteiger partial charge on any atom is -0.457 e. The maximum Gasteiger partial charge on any atom is 0.338 e. The van der Waals surface area contributed by atoms with Gasteiger partial charge in [0.25, 0.3) is 0 Å². The predicted octanol–water partition coefficient (Wildman–Crippen LogP) is 4.51. The molecule has 21 heavy (non-hydrogen) atoms. The van der Waals surface area contributed by atoms with E-state index in [1.165, 1.54) is 5.56 Å². The molecule has 0 amide bonds. The highest BCUT2D eigenvalue weighted by atomic mass is 79.9. The van der Waals surface area contributed by atoms with Gasteiger partial charge in [-0.3, -0.25) is 0 Å². The molecule has 0 spiro atoms. The molecular weight excluding hydrogens is 330 g/mol. The number of hydrogen-bond acceptors (Lipinski definition) is 3. The Morgan fingerprint density at radius 2 is 1.86 bits per heavy atom. The van der Waals surface area contributed by atoms with Crippen LogP contribution in [0.3, 0.4) is 0 Å².